The maximum atomic E-state index is 12.7. The number of H-pyrrole nitrogens is 1. The van der Waals surface area contributed by atoms with Crippen LogP contribution in [0, 0.1) is 6.92 Å². The van der Waals surface area contributed by atoms with E-state index in [4.69, 9.17) is 0 Å². The number of aromatic nitrogens is 2. The highest BCUT2D eigenvalue weighted by molar-refractivity contribution is 7.12. The number of carbonyl (C=O) groups is 1. The normalized spacial score (nSPS) is 11.1. The molecule has 29 heavy (non-hydrogen) atoms. The Hall–Kier alpha value is -2.92. The van der Waals surface area contributed by atoms with Crippen molar-refractivity contribution in [3.63, 3.8) is 0 Å². The molecule has 4 rings (SSSR count). The maximum Gasteiger partial charge on any atom is 0.261 e. The van der Waals surface area contributed by atoms with Gasteiger partial charge in [-0.1, -0.05) is 24.3 Å². The number of aromatic amines is 1. The van der Waals surface area contributed by atoms with Gasteiger partial charge in [-0.2, -0.15) is 0 Å². The van der Waals surface area contributed by atoms with Crippen LogP contribution >= 0.6 is 11.3 Å². The molecule has 4 aromatic rings. The van der Waals surface area contributed by atoms with E-state index in [1.807, 2.05) is 29.9 Å². The molecule has 4 nitrogen and oxygen atoms in total. The van der Waals surface area contributed by atoms with Crippen LogP contribution in [0.2, 0.25) is 0 Å². The Labute approximate surface area is 175 Å². The lowest BCUT2D eigenvalue weighted by atomic mass is 10.0. The van der Waals surface area contributed by atoms with Gasteiger partial charge in [-0.15, -0.1) is 11.3 Å². The van der Waals surface area contributed by atoms with Crippen LogP contribution in [-0.2, 0) is 12.8 Å². The molecular weight excluding hydrogens is 378 g/mol. The van der Waals surface area contributed by atoms with Crippen LogP contribution in [0.3, 0.4) is 0 Å². The summed E-state index contributed by atoms with van der Waals surface area (Å²) < 4.78 is 0. The zero-order valence-electron chi connectivity index (χ0n) is 16.6. The van der Waals surface area contributed by atoms with E-state index in [9.17, 15) is 4.79 Å². The number of pyridine rings is 1. The first-order chi connectivity index (χ1) is 14.2. The van der Waals surface area contributed by atoms with E-state index in [1.165, 1.54) is 28.0 Å². The summed E-state index contributed by atoms with van der Waals surface area (Å²) in [5, 5.41) is 6.21. The van der Waals surface area contributed by atoms with Gasteiger partial charge in [0.05, 0.1) is 4.88 Å². The molecule has 1 aromatic carbocycles. The number of nitrogens with one attached hydrogen (secondary N) is 2. The van der Waals surface area contributed by atoms with Gasteiger partial charge in [0.25, 0.3) is 5.91 Å². The lowest BCUT2D eigenvalue weighted by molar-refractivity contribution is 0.0956. The molecule has 3 aromatic heterocycles. The van der Waals surface area contributed by atoms with Crippen LogP contribution in [0.1, 0.15) is 44.8 Å². The highest BCUT2D eigenvalue weighted by atomic mass is 32.1. The van der Waals surface area contributed by atoms with Crippen molar-refractivity contribution in [1.82, 2.24) is 15.3 Å². The fraction of sp³-hybridized carbons (Fsp3) is 0.250. The molecule has 0 saturated carbocycles. The Kier molecular flexibility index (Phi) is 6.06. The highest BCUT2D eigenvalue weighted by Crippen LogP contribution is 2.24. The molecule has 0 saturated heterocycles. The molecule has 0 unspecified atom stereocenters. The minimum atomic E-state index is 0.0326. The molecule has 3 heterocycles. The number of hydrogen-bond donors (Lipinski definition) is 2. The minimum absolute atomic E-state index is 0.0326. The van der Waals surface area contributed by atoms with E-state index in [0.29, 0.717) is 6.54 Å². The van der Waals surface area contributed by atoms with Crippen LogP contribution in [0.15, 0.2) is 60.2 Å². The van der Waals surface area contributed by atoms with Gasteiger partial charge in [-0.3, -0.25) is 4.79 Å². The summed E-state index contributed by atoms with van der Waals surface area (Å²) in [6.07, 6.45) is 7.56. The van der Waals surface area contributed by atoms with Crippen molar-refractivity contribution in [1.29, 1.82) is 0 Å². The van der Waals surface area contributed by atoms with E-state index in [2.05, 4.69) is 52.5 Å². The van der Waals surface area contributed by atoms with Crippen molar-refractivity contribution in [3.8, 4) is 0 Å². The highest BCUT2D eigenvalue weighted by Gasteiger charge is 2.14. The second-order valence-corrected chi connectivity index (χ2v) is 8.22. The van der Waals surface area contributed by atoms with E-state index in [-0.39, 0.29) is 5.91 Å². The van der Waals surface area contributed by atoms with E-state index in [0.717, 1.165) is 47.2 Å². The van der Waals surface area contributed by atoms with Crippen molar-refractivity contribution >= 4 is 28.3 Å². The van der Waals surface area contributed by atoms with E-state index < -0.39 is 0 Å². The summed E-state index contributed by atoms with van der Waals surface area (Å²) >= 11 is 1.51. The second kappa shape index (κ2) is 9.05. The number of thiophene rings is 1. The number of hydrogen-bond acceptors (Lipinski definition) is 3. The number of benzene rings is 1. The average molecular weight is 404 g/mol. The van der Waals surface area contributed by atoms with Crippen molar-refractivity contribution in [2.75, 3.05) is 6.54 Å². The summed E-state index contributed by atoms with van der Waals surface area (Å²) in [5.41, 5.74) is 5.88. The molecular formula is C24H25N3OS. The second-order valence-electron chi connectivity index (χ2n) is 7.30. The third-order valence-corrected chi connectivity index (χ3v) is 6.26. The SMILES string of the molecule is Cc1ccccc1CCCCNC(=O)c1sccc1Cc1ccnc2[nH]ccc12. The third-order valence-electron chi connectivity index (χ3n) is 5.30. The molecule has 5 heteroatoms. The van der Waals surface area contributed by atoms with Gasteiger partial charge >= 0.3 is 0 Å². The number of fused-ring (bicyclic) bond motifs is 1. The number of amides is 1. The Morgan fingerprint density at radius 1 is 1.07 bits per heavy atom. The summed E-state index contributed by atoms with van der Waals surface area (Å²) in [4.78, 5) is 21.0. The van der Waals surface area contributed by atoms with E-state index >= 15 is 0 Å². The molecule has 0 radical (unpaired) electrons. The number of nitrogens with zero attached hydrogens (tertiary/aromatic N) is 1. The van der Waals surface area contributed by atoms with Crippen LogP contribution < -0.4 is 5.32 Å². The Morgan fingerprint density at radius 2 is 1.97 bits per heavy atom. The molecule has 0 fully saturated rings. The molecule has 0 aliphatic carbocycles. The van der Waals surface area contributed by atoms with Crippen molar-refractivity contribution in [2.45, 2.75) is 32.6 Å². The summed E-state index contributed by atoms with van der Waals surface area (Å²) in [6, 6.07) is 14.6. The predicted molar refractivity (Wildman–Crippen MR) is 120 cm³/mol. The molecule has 0 aliphatic rings. The number of aryl methyl sites for hydroxylation is 2. The van der Waals surface area contributed by atoms with Gasteiger partial charge in [-0.25, -0.2) is 4.98 Å². The van der Waals surface area contributed by atoms with Crippen molar-refractivity contribution in [3.05, 3.63) is 87.4 Å². The monoisotopic (exact) mass is 403 g/mol. The molecule has 0 aliphatic heterocycles. The summed E-state index contributed by atoms with van der Waals surface area (Å²) in [6.45, 7) is 2.86. The van der Waals surface area contributed by atoms with Crippen molar-refractivity contribution < 1.29 is 4.79 Å². The molecule has 0 spiro atoms. The van der Waals surface area contributed by atoms with Crippen LogP contribution in [0.25, 0.3) is 11.0 Å². The zero-order chi connectivity index (χ0) is 20.1. The third kappa shape index (κ3) is 4.57. The number of rotatable bonds is 8. The Balaban J connectivity index is 1.31. The largest absolute Gasteiger partial charge is 0.351 e. The van der Waals surface area contributed by atoms with Crippen LogP contribution in [-0.4, -0.2) is 22.4 Å². The number of carbonyl (C=O) groups excluding carboxylic acids is 1. The topological polar surface area (TPSA) is 57.8 Å². The van der Waals surface area contributed by atoms with Gasteiger partial charge in [0.15, 0.2) is 0 Å². The molecule has 0 bridgehead atoms. The minimum Gasteiger partial charge on any atom is -0.351 e. The Bertz CT molecular complexity index is 1110. The predicted octanol–water partition coefficient (Wildman–Crippen LogP) is 5.28. The lowest BCUT2D eigenvalue weighted by Gasteiger charge is -2.08. The molecule has 148 valence electrons. The lowest BCUT2D eigenvalue weighted by Crippen LogP contribution is -2.24. The van der Waals surface area contributed by atoms with Gasteiger partial charge < -0.3 is 10.3 Å². The van der Waals surface area contributed by atoms with Gasteiger partial charge in [0, 0.05) is 24.3 Å². The quantitative estimate of drug-likeness (QED) is 0.393. The standard InChI is InChI=1S/C24H25N3OS/c1-17-6-2-3-7-18(17)8-4-5-12-27-24(28)22-20(11-15-29-22)16-19-9-13-25-23-21(19)10-14-26-23/h2-3,6-7,9-11,13-15H,4-5,8,12,16H2,1H3,(H,25,26)(H,27,28). The smallest absolute Gasteiger partial charge is 0.261 e. The van der Waals surface area contributed by atoms with Gasteiger partial charge in [-0.05, 0) is 78.4 Å². The molecule has 0 atom stereocenters. The van der Waals surface area contributed by atoms with Gasteiger partial charge in [0.2, 0.25) is 0 Å². The first kappa shape index (κ1) is 19.4. The average Bonchev–Trinajstić information content (AvgIpc) is 3.39. The van der Waals surface area contributed by atoms with Gasteiger partial charge in [0.1, 0.15) is 5.65 Å². The fourth-order valence-corrected chi connectivity index (χ4v) is 4.50. The maximum absolute atomic E-state index is 12.7. The number of unbranched alkanes of at least 4 members (excludes halogenated alkanes) is 1. The first-order valence-corrected chi connectivity index (χ1v) is 10.9. The summed E-state index contributed by atoms with van der Waals surface area (Å²) in [7, 11) is 0. The first-order valence-electron chi connectivity index (χ1n) is 10.0. The van der Waals surface area contributed by atoms with E-state index in [1.54, 1.807) is 0 Å². The van der Waals surface area contributed by atoms with Crippen LogP contribution in [0.4, 0.5) is 0 Å². The fourth-order valence-electron chi connectivity index (χ4n) is 3.66. The summed E-state index contributed by atoms with van der Waals surface area (Å²) in [5.74, 6) is 0.0326. The zero-order valence-corrected chi connectivity index (χ0v) is 17.4. The Morgan fingerprint density at radius 3 is 2.86 bits per heavy atom. The van der Waals surface area contributed by atoms with Crippen molar-refractivity contribution in [2.24, 2.45) is 0 Å². The van der Waals surface area contributed by atoms with Crippen LogP contribution in [0.5, 0.6) is 0 Å². The molecule has 1 amide bonds. The molecule has 2 N–H and O–H groups in total.